The Morgan fingerprint density at radius 2 is 2.27 bits per heavy atom. The van der Waals surface area contributed by atoms with Gasteiger partial charge < -0.3 is 14.1 Å². The smallest absolute Gasteiger partial charge is 0.265 e. The van der Waals surface area contributed by atoms with Gasteiger partial charge in [0.2, 0.25) is 0 Å². The molecule has 0 saturated carbocycles. The molecule has 0 saturated heterocycles. The maximum absolute atomic E-state index is 13.2. The van der Waals surface area contributed by atoms with Crippen molar-refractivity contribution >= 4 is 28.8 Å². The number of aromatic nitrogens is 1. The van der Waals surface area contributed by atoms with Gasteiger partial charge in [-0.15, -0.1) is 11.3 Å². The molecule has 0 aliphatic rings. The molecule has 2 aromatic heterocycles. The minimum Gasteiger partial charge on any atom is -0.462 e. The fraction of sp³-hybridized carbons (Fsp3) is 0.222. The first-order valence-electron chi connectivity index (χ1n) is 7.80. The summed E-state index contributed by atoms with van der Waals surface area (Å²) in [5.41, 5.74) is 0.660. The van der Waals surface area contributed by atoms with Gasteiger partial charge in [0.15, 0.2) is 10.8 Å². The van der Waals surface area contributed by atoms with Crippen LogP contribution in [0, 0.1) is 5.82 Å². The van der Waals surface area contributed by atoms with Gasteiger partial charge in [-0.25, -0.2) is 9.37 Å². The number of carbonyl (C=O) groups excluding carboxylic acids is 1. The molecule has 3 rings (SSSR count). The standard InChI is InChI=1S/C18H16ClFN2O3S/c1-24-8-6-22(11-12-4-5-13(20)9-14(12)19)18(23)16-10-21-17(26-16)15-3-2-7-25-15/h2-5,7,9-10H,6,8,11H2,1H3. The molecule has 1 amide bonds. The second-order valence-corrected chi connectivity index (χ2v) is 6.90. The number of nitrogens with zero attached hydrogens (tertiary/aromatic N) is 2. The minimum atomic E-state index is -0.418. The molecule has 26 heavy (non-hydrogen) atoms. The first-order chi connectivity index (χ1) is 12.6. The molecule has 0 unspecified atom stereocenters. The first-order valence-corrected chi connectivity index (χ1v) is 9.00. The molecule has 1 aromatic carbocycles. The Morgan fingerprint density at radius 1 is 1.42 bits per heavy atom. The SMILES string of the molecule is COCCN(Cc1ccc(F)cc1Cl)C(=O)c1cnc(-c2ccco2)s1. The average molecular weight is 395 g/mol. The molecular weight excluding hydrogens is 379 g/mol. The molecule has 5 nitrogen and oxygen atoms in total. The molecule has 136 valence electrons. The molecule has 0 aliphatic carbocycles. The van der Waals surface area contributed by atoms with Gasteiger partial charge in [-0.3, -0.25) is 4.79 Å². The number of hydrogen-bond acceptors (Lipinski definition) is 5. The summed E-state index contributed by atoms with van der Waals surface area (Å²) in [6.45, 7) is 0.987. The van der Waals surface area contributed by atoms with Gasteiger partial charge in [-0.05, 0) is 29.8 Å². The normalized spacial score (nSPS) is 10.9. The first kappa shape index (κ1) is 18.6. The van der Waals surface area contributed by atoms with Crippen LogP contribution in [0.25, 0.3) is 10.8 Å². The van der Waals surface area contributed by atoms with Crippen LogP contribution < -0.4 is 0 Å². The van der Waals surface area contributed by atoms with Gasteiger partial charge in [0.25, 0.3) is 5.91 Å². The number of thiazole rings is 1. The molecule has 0 N–H and O–H groups in total. The predicted molar refractivity (Wildman–Crippen MR) is 97.8 cm³/mol. The zero-order valence-electron chi connectivity index (χ0n) is 13.9. The van der Waals surface area contributed by atoms with E-state index in [1.54, 1.807) is 36.5 Å². The second kappa shape index (κ2) is 8.44. The third kappa shape index (κ3) is 4.30. The third-order valence-corrected chi connectivity index (χ3v) is 5.03. The van der Waals surface area contributed by atoms with E-state index >= 15 is 0 Å². The van der Waals surface area contributed by atoms with E-state index in [-0.39, 0.29) is 17.5 Å². The predicted octanol–water partition coefficient (Wildman–Crippen LogP) is 4.48. The van der Waals surface area contributed by atoms with Crippen LogP contribution in [-0.4, -0.2) is 36.1 Å². The van der Waals surface area contributed by atoms with Crippen molar-refractivity contribution in [3.8, 4) is 10.8 Å². The number of carbonyl (C=O) groups is 1. The van der Waals surface area contributed by atoms with Crippen LogP contribution in [0.2, 0.25) is 5.02 Å². The maximum atomic E-state index is 13.2. The van der Waals surface area contributed by atoms with Crippen LogP contribution in [0.3, 0.4) is 0 Å². The highest BCUT2D eigenvalue weighted by Crippen LogP contribution is 2.27. The fourth-order valence-corrected chi connectivity index (χ4v) is 3.43. The number of rotatable bonds is 7. The number of halogens is 2. The molecule has 2 heterocycles. The minimum absolute atomic E-state index is 0.197. The second-order valence-electron chi connectivity index (χ2n) is 5.46. The Morgan fingerprint density at radius 3 is 2.96 bits per heavy atom. The average Bonchev–Trinajstić information content (AvgIpc) is 3.31. The Labute approximate surface area is 159 Å². The van der Waals surface area contributed by atoms with E-state index in [9.17, 15) is 9.18 Å². The van der Waals surface area contributed by atoms with Crippen LogP contribution in [0.1, 0.15) is 15.2 Å². The van der Waals surface area contributed by atoms with Crippen LogP contribution in [0.4, 0.5) is 4.39 Å². The number of hydrogen-bond donors (Lipinski definition) is 0. The summed E-state index contributed by atoms with van der Waals surface area (Å²) in [7, 11) is 1.56. The van der Waals surface area contributed by atoms with Crippen molar-refractivity contribution in [3.05, 3.63) is 64.1 Å². The molecule has 3 aromatic rings. The van der Waals surface area contributed by atoms with Crippen LogP contribution in [0.15, 0.2) is 47.2 Å². The van der Waals surface area contributed by atoms with Crippen LogP contribution in [0.5, 0.6) is 0 Å². The van der Waals surface area contributed by atoms with Crippen molar-refractivity contribution in [1.29, 1.82) is 0 Å². The lowest BCUT2D eigenvalue weighted by atomic mass is 10.2. The van der Waals surface area contributed by atoms with Gasteiger partial charge in [0.1, 0.15) is 10.7 Å². The molecule has 0 atom stereocenters. The van der Waals surface area contributed by atoms with Crippen molar-refractivity contribution in [2.75, 3.05) is 20.3 Å². The van der Waals surface area contributed by atoms with Gasteiger partial charge >= 0.3 is 0 Å². The zero-order chi connectivity index (χ0) is 18.5. The van der Waals surface area contributed by atoms with E-state index in [0.717, 1.165) is 0 Å². The van der Waals surface area contributed by atoms with E-state index in [2.05, 4.69) is 4.98 Å². The van der Waals surface area contributed by atoms with Crippen molar-refractivity contribution in [1.82, 2.24) is 9.88 Å². The van der Waals surface area contributed by atoms with E-state index in [4.69, 9.17) is 20.8 Å². The van der Waals surface area contributed by atoms with E-state index < -0.39 is 5.82 Å². The summed E-state index contributed by atoms with van der Waals surface area (Å²) >= 11 is 7.35. The number of ether oxygens (including phenoxy) is 1. The van der Waals surface area contributed by atoms with Crippen molar-refractivity contribution in [2.45, 2.75) is 6.54 Å². The van der Waals surface area contributed by atoms with Crippen molar-refractivity contribution in [3.63, 3.8) is 0 Å². The lowest BCUT2D eigenvalue weighted by molar-refractivity contribution is 0.0685. The number of benzene rings is 1. The molecule has 0 radical (unpaired) electrons. The maximum Gasteiger partial charge on any atom is 0.265 e. The molecular formula is C18H16ClFN2O3S. The van der Waals surface area contributed by atoms with Gasteiger partial charge in [0, 0.05) is 25.2 Å². The Balaban J connectivity index is 1.81. The number of methoxy groups -OCH3 is 1. The summed E-state index contributed by atoms with van der Waals surface area (Å²) in [4.78, 5) is 19.2. The number of furan rings is 1. The summed E-state index contributed by atoms with van der Waals surface area (Å²) < 4.78 is 23.7. The Bertz CT molecular complexity index is 882. The van der Waals surface area contributed by atoms with E-state index in [1.807, 2.05) is 0 Å². The van der Waals surface area contributed by atoms with E-state index in [0.29, 0.717) is 34.4 Å². The van der Waals surface area contributed by atoms with Gasteiger partial charge in [0.05, 0.1) is 19.1 Å². The molecule has 8 heteroatoms. The summed E-state index contributed by atoms with van der Waals surface area (Å²) in [5.74, 6) is -0.00381. The highest BCUT2D eigenvalue weighted by atomic mass is 35.5. The van der Waals surface area contributed by atoms with E-state index in [1.165, 1.54) is 29.7 Å². The van der Waals surface area contributed by atoms with Crippen LogP contribution in [-0.2, 0) is 11.3 Å². The summed E-state index contributed by atoms with van der Waals surface area (Å²) in [6, 6.07) is 7.68. The summed E-state index contributed by atoms with van der Waals surface area (Å²) in [5, 5.41) is 0.908. The quantitative estimate of drug-likeness (QED) is 0.592. The van der Waals surface area contributed by atoms with Crippen LogP contribution >= 0.6 is 22.9 Å². The monoisotopic (exact) mass is 394 g/mol. The molecule has 0 spiro atoms. The Hall–Kier alpha value is -2.22. The number of amides is 1. The lowest BCUT2D eigenvalue weighted by Crippen LogP contribution is -2.33. The van der Waals surface area contributed by atoms with Crippen molar-refractivity contribution < 1.29 is 18.3 Å². The third-order valence-electron chi connectivity index (χ3n) is 3.68. The fourth-order valence-electron chi connectivity index (χ4n) is 2.35. The molecule has 0 fully saturated rings. The zero-order valence-corrected chi connectivity index (χ0v) is 15.5. The highest BCUT2D eigenvalue weighted by molar-refractivity contribution is 7.16. The van der Waals surface area contributed by atoms with Gasteiger partial charge in [-0.1, -0.05) is 17.7 Å². The Kier molecular flexibility index (Phi) is 6.03. The topological polar surface area (TPSA) is 55.6 Å². The lowest BCUT2D eigenvalue weighted by Gasteiger charge is -2.22. The van der Waals surface area contributed by atoms with Crippen molar-refractivity contribution in [2.24, 2.45) is 0 Å². The summed E-state index contributed by atoms with van der Waals surface area (Å²) in [6.07, 6.45) is 3.08. The molecule has 0 bridgehead atoms. The largest absolute Gasteiger partial charge is 0.462 e. The highest BCUT2D eigenvalue weighted by Gasteiger charge is 2.21. The van der Waals surface area contributed by atoms with Gasteiger partial charge in [-0.2, -0.15) is 0 Å². The molecule has 0 aliphatic heterocycles.